The van der Waals surface area contributed by atoms with Crippen LogP contribution in [-0.4, -0.2) is 9.97 Å². The van der Waals surface area contributed by atoms with Crippen LogP contribution in [0.3, 0.4) is 0 Å². The first-order valence-corrected chi connectivity index (χ1v) is 3.65. The van der Waals surface area contributed by atoms with Crippen molar-refractivity contribution in [2.75, 3.05) is 11.5 Å². The summed E-state index contributed by atoms with van der Waals surface area (Å²) in [5.74, 6) is -0.268. The Hall–Kier alpha value is -1.91. The normalized spacial score (nSPS) is 10.5. The Morgan fingerprint density at radius 3 is 2.69 bits per heavy atom. The van der Waals surface area contributed by atoms with E-state index in [-0.39, 0.29) is 17.3 Å². The van der Waals surface area contributed by atoms with Crippen LogP contribution in [0.15, 0.2) is 18.2 Å². The van der Waals surface area contributed by atoms with E-state index in [9.17, 15) is 4.39 Å². The Labute approximate surface area is 73.4 Å². The van der Waals surface area contributed by atoms with Crippen molar-refractivity contribution in [1.82, 2.24) is 9.97 Å². The fourth-order valence-electron chi connectivity index (χ4n) is 1.16. The predicted octanol–water partition coefficient (Wildman–Crippen LogP) is 0.933. The minimum Gasteiger partial charge on any atom is -0.383 e. The van der Waals surface area contributed by atoms with Gasteiger partial charge < -0.3 is 11.5 Å². The molecule has 2 rings (SSSR count). The number of aromatic nitrogens is 2. The van der Waals surface area contributed by atoms with Crippen molar-refractivity contribution in [3.63, 3.8) is 0 Å². The first kappa shape index (κ1) is 7.72. The van der Waals surface area contributed by atoms with Gasteiger partial charge in [-0.1, -0.05) is 6.07 Å². The van der Waals surface area contributed by atoms with Crippen molar-refractivity contribution < 1.29 is 4.39 Å². The number of nitrogen functional groups attached to an aromatic ring is 2. The minimum absolute atomic E-state index is 0.0184. The lowest BCUT2D eigenvalue weighted by Crippen LogP contribution is -2.01. The van der Waals surface area contributed by atoms with Crippen molar-refractivity contribution in [3.05, 3.63) is 24.0 Å². The molecule has 1 aromatic heterocycles. The van der Waals surface area contributed by atoms with Crippen LogP contribution in [-0.2, 0) is 0 Å². The SMILES string of the molecule is Nc1nc(N)c2cccc(F)c2n1. The average molecular weight is 178 g/mol. The second-order valence-corrected chi connectivity index (χ2v) is 2.60. The van der Waals surface area contributed by atoms with Gasteiger partial charge >= 0.3 is 0 Å². The highest BCUT2D eigenvalue weighted by Gasteiger charge is 2.06. The van der Waals surface area contributed by atoms with Crippen LogP contribution in [0.5, 0.6) is 0 Å². The number of anilines is 2. The van der Waals surface area contributed by atoms with Gasteiger partial charge in [-0.15, -0.1) is 0 Å². The number of halogens is 1. The van der Waals surface area contributed by atoms with E-state index in [1.165, 1.54) is 6.07 Å². The van der Waals surface area contributed by atoms with Gasteiger partial charge in [-0.25, -0.2) is 9.37 Å². The van der Waals surface area contributed by atoms with Crippen molar-refractivity contribution in [3.8, 4) is 0 Å². The molecule has 0 saturated heterocycles. The Balaban J connectivity index is 2.94. The number of hydrogen-bond donors (Lipinski definition) is 2. The van der Waals surface area contributed by atoms with Gasteiger partial charge in [0.15, 0.2) is 0 Å². The standard InChI is InChI=1S/C8H7FN4/c9-5-3-1-2-4-6(5)12-8(11)13-7(4)10/h1-3H,(H4,10,11,12,13). The van der Waals surface area contributed by atoms with Gasteiger partial charge in [0.1, 0.15) is 17.2 Å². The number of fused-ring (bicyclic) bond motifs is 1. The summed E-state index contributed by atoms with van der Waals surface area (Å²) in [7, 11) is 0. The maximum atomic E-state index is 13.1. The summed E-state index contributed by atoms with van der Waals surface area (Å²) < 4.78 is 13.1. The maximum Gasteiger partial charge on any atom is 0.222 e. The zero-order valence-electron chi connectivity index (χ0n) is 6.66. The summed E-state index contributed by atoms with van der Waals surface area (Å²) >= 11 is 0. The topological polar surface area (TPSA) is 77.8 Å². The minimum atomic E-state index is -0.446. The van der Waals surface area contributed by atoms with E-state index in [4.69, 9.17) is 11.5 Å². The molecule has 0 unspecified atom stereocenters. The van der Waals surface area contributed by atoms with Gasteiger partial charge in [0.05, 0.1) is 0 Å². The molecule has 0 fully saturated rings. The van der Waals surface area contributed by atoms with E-state index in [2.05, 4.69) is 9.97 Å². The lowest BCUT2D eigenvalue weighted by atomic mass is 10.2. The number of para-hydroxylation sites is 1. The molecule has 1 aromatic carbocycles. The molecule has 4 nitrogen and oxygen atoms in total. The van der Waals surface area contributed by atoms with E-state index < -0.39 is 5.82 Å². The summed E-state index contributed by atoms with van der Waals surface area (Å²) in [5.41, 5.74) is 11.0. The molecule has 1 heterocycles. The number of nitrogens with two attached hydrogens (primary N) is 2. The molecule has 0 aliphatic rings. The van der Waals surface area contributed by atoms with Gasteiger partial charge in [-0.2, -0.15) is 4.98 Å². The second-order valence-electron chi connectivity index (χ2n) is 2.60. The summed E-state index contributed by atoms with van der Waals surface area (Å²) in [6.07, 6.45) is 0. The number of nitrogens with zero attached hydrogens (tertiary/aromatic N) is 2. The van der Waals surface area contributed by atoms with Crippen molar-refractivity contribution >= 4 is 22.7 Å². The highest BCUT2D eigenvalue weighted by atomic mass is 19.1. The zero-order valence-corrected chi connectivity index (χ0v) is 6.66. The third-order valence-corrected chi connectivity index (χ3v) is 1.72. The van der Waals surface area contributed by atoms with E-state index in [0.29, 0.717) is 5.39 Å². The largest absolute Gasteiger partial charge is 0.383 e. The molecule has 0 amide bonds. The molecule has 0 bridgehead atoms. The van der Waals surface area contributed by atoms with Crippen LogP contribution >= 0.6 is 0 Å². The molecule has 0 atom stereocenters. The highest BCUT2D eigenvalue weighted by Crippen LogP contribution is 2.20. The molecule has 0 spiro atoms. The predicted molar refractivity (Wildman–Crippen MR) is 48.3 cm³/mol. The molecular weight excluding hydrogens is 171 g/mol. The highest BCUT2D eigenvalue weighted by molar-refractivity contribution is 5.89. The molecule has 0 aliphatic carbocycles. The Kier molecular flexibility index (Phi) is 1.51. The summed E-state index contributed by atoms with van der Waals surface area (Å²) in [6, 6.07) is 4.50. The van der Waals surface area contributed by atoms with Crippen molar-refractivity contribution in [1.29, 1.82) is 0 Å². The van der Waals surface area contributed by atoms with Crippen LogP contribution in [0.4, 0.5) is 16.2 Å². The molecule has 4 N–H and O–H groups in total. The lowest BCUT2D eigenvalue weighted by Gasteiger charge is -2.01. The van der Waals surface area contributed by atoms with E-state index in [1.54, 1.807) is 12.1 Å². The van der Waals surface area contributed by atoms with E-state index >= 15 is 0 Å². The zero-order chi connectivity index (χ0) is 9.42. The molecule has 66 valence electrons. The third kappa shape index (κ3) is 1.14. The summed E-state index contributed by atoms with van der Waals surface area (Å²) in [5, 5.41) is 0.481. The quantitative estimate of drug-likeness (QED) is 0.629. The number of rotatable bonds is 0. The van der Waals surface area contributed by atoms with E-state index in [0.717, 1.165) is 0 Å². The van der Waals surface area contributed by atoms with Gasteiger partial charge in [0.2, 0.25) is 5.95 Å². The number of benzene rings is 1. The molecule has 0 aliphatic heterocycles. The third-order valence-electron chi connectivity index (χ3n) is 1.72. The van der Waals surface area contributed by atoms with Crippen LogP contribution in [0, 0.1) is 5.82 Å². The monoisotopic (exact) mass is 178 g/mol. The number of hydrogen-bond acceptors (Lipinski definition) is 4. The van der Waals surface area contributed by atoms with Crippen molar-refractivity contribution in [2.45, 2.75) is 0 Å². The van der Waals surface area contributed by atoms with Gasteiger partial charge in [0, 0.05) is 5.39 Å². The summed E-state index contributed by atoms with van der Waals surface area (Å²) in [4.78, 5) is 7.47. The van der Waals surface area contributed by atoms with Gasteiger partial charge in [-0.3, -0.25) is 0 Å². The van der Waals surface area contributed by atoms with Crippen molar-refractivity contribution in [2.24, 2.45) is 0 Å². The molecular formula is C8H7FN4. The summed E-state index contributed by atoms with van der Waals surface area (Å²) in [6.45, 7) is 0. The fraction of sp³-hybridized carbons (Fsp3) is 0. The van der Waals surface area contributed by atoms with Gasteiger partial charge in [0.25, 0.3) is 0 Å². The Bertz CT molecular complexity index is 469. The molecule has 2 aromatic rings. The molecule has 0 saturated carbocycles. The smallest absolute Gasteiger partial charge is 0.222 e. The van der Waals surface area contributed by atoms with Crippen LogP contribution in [0.2, 0.25) is 0 Å². The Morgan fingerprint density at radius 2 is 1.92 bits per heavy atom. The van der Waals surface area contributed by atoms with Crippen LogP contribution < -0.4 is 11.5 Å². The van der Waals surface area contributed by atoms with Crippen LogP contribution in [0.1, 0.15) is 0 Å². The molecule has 5 heteroatoms. The average Bonchev–Trinajstić information content (AvgIpc) is 2.07. The van der Waals surface area contributed by atoms with E-state index in [1.807, 2.05) is 0 Å². The second kappa shape index (κ2) is 2.55. The lowest BCUT2D eigenvalue weighted by molar-refractivity contribution is 0.637. The molecule has 0 radical (unpaired) electrons. The fourth-order valence-corrected chi connectivity index (χ4v) is 1.16. The molecule has 13 heavy (non-hydrogen) atoms. The first-order valence-electron chi connectivity index (χ1n) is 3.65. The maximum absolute atomic E-state index is 13.1. The Morgan fingerprint density at radius 1 is 1.15 bits per heavy atom. The van der Waals surface area contributed by atoms with Gasteiger partial charge in [-0.05, 0) is 12.1 Å². The van der Waals surface area contributed by atoms with Crippen LogP contribution in [0.25, 0.3) is 10.9 Å². The first-order chi connectivity index (χ1) is 6.18.